The number of rotatable bonds is 5. The molecule has 3 aliphatic rings. The Hall–Kier alpha value is -1.70. The maximum atomic E-state index is 12.8. The van der Waals surface area contributed by atoms with Crippen molar-refractivity contribution in [3.63, 3.8) is 0 Å². The summed E-state index contributed by atoms with van der Waals surface area (Å²) in [5, 5.41) is 1.27. The number of piperidine rings is 1. The number of nitrogens with zero attached hydrogens (tertiary/aromatic N) is 3. The number of benzene rings is 1. The normalized spacial score (nSPS) is 26.6. The number of carbonyl (C=O) groups is 1. The molecule has 1 aromatic rings. The van der Waals surface area contributed by atoms with Gasteiger partial charge in [0.2, 0.25) is 15.9 Å². The third-order valence-corrected chi connectivity index (χ3v) is 8.48. The van der Waals surface area contributed by atoms with Crippen molar-refractivity contribution in [1.29, 1.82) is 0 Å². The van der Waals surface area contributed by atoms with Crippen LogP contribution in [-0.4, -0.2) is 74.2 Å². The Morgan fingerprint density at radius 3 is 2.37 bits per heavy atom. The van der Waals surface area contributed by atoms with Gasteiger partial charge >= 0.3 is 0 Å². The van der Waals surface area contributed by atoms with Crippen LogP contribution in [0.4, 0.5) is 0 Å². The number of carbonyl (C=O) groups excluding carboxylic acids is 1. The van der Waals surface area contributed by atoms with Gasteiger partial charge < -0.3 is 4.90 Å². The molecule has 2 aliphatic heterocycles. The average molecular weight is 432 g/mol. The first-order valence-corrected chi connectivity index (χ1v) is 12.7. The molecular weight excluding hydrogens is 398 g/mol. The van der Waals surface area contributed by atoms with Crippen LogP contribution in [0.3, 0.4) is 0 Å². The predicted octanol–water partition coefficient (Wildman–Crippen LogP) is 2.64. The smallest absolute Gasteiger partial charge is 0.236 e. The highest BCUT2D eigenvalue weighted by Gasteiger charge is 2.33. The highest BCUT2D eigenvalue weighted by Crippen LogP contribution is 2.35. The molecule has 0 spiro atoms. The summed E-state index contributed by atoms with van der Waals surface area (Å²) in [7, 11) is -3.47. The van der Waals surface area contributed by atoms with Crippen LogP contribution < -0.4 is 0 Å². The summed E-state index contributed by atoms with van der Waals surface area (Å²) in [5.41, 5.74) is 0.858. The van der Waals surface area contributed by atoms with E-state index in [4.69, 9.17) is 0 Å². The van der Waals surface area contributed by atoms with Crippen LogP contribution in [0.25, 0.3) is 6.08 Å². The fourth-order valence-corrected chi connectivity index (χ4v) is 6.29. The Morgan fingerprint density at radius 1 is 0.933 bits per heavy atom. The summed E-state index contributed by atoms with van der Waals surface area (Å²) < 4.78 is 26.7. The highest BCUT2D eigenvalue weighted by molar-refractivity contribution is 7.92. The Morgan fingerprint density at radius 2 is 1.63 bits per heavy atom. The van der Waals surface area contributed by atoms with Gasteiger partial charge in [0, 0.05) is 38.1 Å². The van der Waals surface area contributed by atoms with Crippen molar-refractivity contribution in [2.24, 2.45) is 11.8 Å². The lowest BCUT2D eigenvalue weighted by molar-refractivity contribution is -0.134. The molecule has 3 fully saturated rings. The molecule has 1 aliphatic carbocycles. The van der Waals surface area contributed by atoms with Gasteiger partial charge in [0.1, 0.15) is 0 Å². The average Bonchev–Trinajstić information content (AvgIpc) is 2.78. The van der Waals surface area contributed by atoms with Gasteiger partial charge in [-0.05, 0) is 42.9 Å². The summed E-state index contributed by atoms with van der Waals surface area (Å²) in [6.07, 6.45) is 8.22. The number of amides is 1. The van der Waals surface area contributed by atoms with E-state index in [9.17, 15) is 13.2 Å². The van der Waals surface area contributed by atoms with Gasteiger partial charge in [-0.15, -0.1) is 0 Å². The Labute approximate surface area is 180 Å². The van der Waals surface area contributed by atoms with Crippen LogP contribution in [0.5, 0.6) is 0 Å². The van der Waals surface area contributed by atoms with Gasteiger partial charge in [0.15, 0.2) is 0 Å². The molecule has 7 heteroatoms. The summed E-state index contributed by atoms with van der Waals surface area (Å²) in [6, 6.07) is 9.41. The van der Waals surface area contributed by atoms with Crippen molar-refractivity contribution in [2.45, 2.75) is 32.1 Å². The lowest BCUT2D eigenvalue weighted by Gasteiger charge is -2.42. The molecule has 6 nitrogen and oxygen atoms in total. The van der Waals surface area contributed by atoms with Gasteiger partial charge in [0.05, 0.1) is 6.54 Å². The van der Waals surface area contributed by atoms with Gasteiger partial charge in [-0.3, -0.25) is 9.69 Å². The largest absolute Gasteiger partial charge is 0.339 e. The predicted molar refractivity (Wildman–Crippen MR) is 119 cm³/mol. The Balaban J connectivity index is 1.25. The zero-order chi connectivity index (χ0) is 21.0. The van der Waals surface area contributed by atoms with Crippen molar-refractivity contribution in [1.82, 2.24) is 14.1 Å². The summed E-state index contributed by atoms with van der Waals surface area (Å²) in [4.78, 5) is 16.9. The number of hydrogen-bond acceptors (Lipinski definition) is 4. The molecule has 30 heavy (non-hydrogen) atoms. The first-order valence-electron chi connectivity index (χ1n) is 11.2. The van der Waals surface area contributed by atoms with E-state index in [1.807, 2.05) is 35.2 Å². The van der Waals surface area contributed by atoms with E-state index in [0.717, 1.165) is 30.5 Å². The van der Waals surface area contributed by atoms with Crippen molar-refractivity contribution in [2.75, 3.05) is 45.8 Å². The fraction of sp³-hybridized carbons (Fsp3) is 0.609. The second-order valence-corrected chi connectivity index (χ2v) is 10.7. The molecular formula is C23H33N3O3S. The van der Waals surface area contributed by atoms with Gasteiger partial charge in [-0.1, -0.05) is 49.6 Å². The minimum Gasteiger partial charge on any atom is -0.339 e. The quantitative estimate of drug-likeness (QED) is 0.719. The molecule has 1 aromatic carbocycles. The lowest BCUT2D eigenvalue weighted by atomic mass is 9.75. The van der Waals surface area contributed by atoms with E-state index in [-0.39, 0.29) is 5.91 Å². The monoisotopic (exact) mass is 431 g/mol. The van der Waals surface area contributed by atoms with Crippen LogP contribution >= 0.6 is 0 Å². The second kappa shape index (κ2) is 9.62. The third-order valence-electron chi connectivity index (χ3n) is 6.92. The zero-order valence-electron chi connectivity index (χ0n) is 17.7. The molecule has 0 radical (unpaired) electrons. The summed E-state index contributed by atoms with van der Waals surface area (Å²) in [5.74, 6) is 1.77. The van der Waals surface area contributed by atoms with E-state index < -0.39 is 10.0 Å². The van der Waals surface area contributed by atoms with Crippen molar-refractivity contribution in [3.8, 4) is 0 Å². The fourth-order valence-electron chi connectivity index (χ4n) is 5.12. The molecule has 0 unspecified atom stereocenters. The van der Waals surface area contributed by atoms with Gasteiger partial charge in [-0.25, -0.2) is 8.42 Å². The third kappa shape index (κ3) is 5.31. The van der Waals surface area contributed by atoms with Crippen LogP contribution in [-0.2, 0) is 14.8 Å². The summed E-state index contributed by atoms with van der Waals surface area (Å²) >= 11 is 0. The topological polar surface area (TPSA) is 60.9 Å². The molecule has 2 atom stereocenters. The zero-order valence-corrected chi connectivity index (χ0v) is 18.5. The van der Waals surface area contributed by atoms with Gasteiger partial charge in [0.25, 0.3) is 0 Å². The minimum atomic E-state index is -3.47. The number of piperazine rings is 1. The Bertz CT molecular complexity index is 848. The SMILES string of the molecule is O=C(CN1CC[C@@H]2CCCC[C@@H]2C1)N1CCN(S(=O)(=O)/C=C/c2ccccc2)CC1. The highest BCUT2D eigenvalue weighted by atomic mass is 32.2. The van der Waals surface area contributed by atoms with Crippen LogP contribution in [0.2, 0.25) is 0 Å². The molecule has 0 bridgehead atoms. The van der Waals surface area contributed by atoms with Crippen LogP contribution in [0.1, 0.15) is 37.7 Å². The number of hydrogen-bond donors (Lipinski definition) is 0. The van der Waals surface area contributed by atoms with Crippen LogP contribution in [0.15, 0.2) is 35.7 Å². The second-order valence-electron chi connectivity index (χ2n) is 8.87. The first-order chi connectivity index (χ1) is 14.5. The van der Waals surface area contributed by atoms with E-state index in [2.05, 4.69) is 4.90 Å². The van der Waals surface area contributed by atoms with Gasteiger partial charge in [-0.2, -0.15) is 4.31 Å². The molecule has 2 saturated heterocycles. The standard InChI is InChI=1S/C23H33N3O3S/c27-23(19-24-12-10-21-8-4-5-9-22(21)18-24)25-13-15-26(16-14-25)30(28,29)17-11-20-6-2-1-3-7-20/h1-3,6-7,11,17,21-22H,4-5,8-10,12-16,18-19H2/b17-11+/t21-,22+/m0/s1. The van der Waals surface area contributed by atoms with E-state index in [0.29, 0.717) is 32.7 Å². The number of likely N-dealkylation sites (tertiary alicyclic amines) is 1. The first kappa shape index (κ1) is 21.5. The van der Waals surface area contributed by atoms with Crippen molar-refractivity contribution >= 4 is 22.0 Å². The number of fused-ring (bicyclic) bond motifs is 1. The minimum absolute atomic E-state index is 0.140. The maximum Gasteiger partial charge on any atom is 0.236 e. The van der Waals surface area contributed by atoms with E-state index in [1.54, 1.807) is 6.08 Å². The van der Waals surface area contributed by atoms with E-state index >= 15 is 0 Å². The van der Waals surface area contributed by atoms with Crippen molar-refractivity contribution in [3.05, 3.63) is 41.3 Å². The maximum absolute atomic E-state index is 12.8. The lowest BCUT2D eigenvalue weighted by Crippen LogP contribution is -2.53. The molecule has 1 saturated carbocycles. The molecule has 164 valence electrons. The molecule has 0 N–H and O–H groups in total. The van der Waals surface area contributed by atoms with E-state index in [1.165, 1.54) is 41.8 Å². The Kier molecular flexibility index (Phi) is 6.91. The van der Waals surface area contributed by atoms with Crippen LogP contribution in [0, 0.1) is 11.8 Å². The summed E-state index contributed by atoms with van der Waals surface area (Å²) in [6.45, 7) is 4.20. The van der Waals surface area contributed by atoms with Crippen molar-refractivity contribution < 1.29 is 13.2 Å². The number of sulfonamides is 1. The molecule has 2 heterocycles. The molecule has 4 rings (SSSR count). The molecule has 0 aromatic heterocycles. The molecule has 1 amide bonds.